The number of morpholine rings is 1. The van der Waals surface area contributed by atoms with Crippen molar-refractivity contribution >= 4 is 5.91 Å². The van der Waals surface area contributed by atoms with E-state index in [0.717, 1.165) is 32.8 Å². The van der Waals surface area contributed by atoms with Gasteiger partial charge in [-0.2, -0.15) is 0 Å². The van der Waals surface area contributed by atoms with Crippen LogP contribution in [0.4, 0.5) is 0 Å². The van der Waals surface area contributed by atoms with Gasteiger partial charge in [-0.25, -0.2) is 0 Å². The first kappa shape index (κ1) is 10.4. The lowest BCUT2D eigenvalue weighted by atomic mass is 10.4. The molecule has 76 valence electrons. The molecule has 0 aliphatic carbocycles. The van der Waals surface area contributed by atoms with Crippen LogP contribution >= 0.6 is 0 Å². The Hall–Kier alpha value is -0.650. The van der Waals surface area contributed by atoms with Gasteiger partial charge in [-0.3, -0.25) is 9.69 Å². The zero-order valence-corrected chi connectivity index (χ0v) is 7.70. The second-order valence-corrected chi connectivity index (χ2v) is 2.97. The van der Waals surface area contributed by atoms with Gasteiger partial charge in [0.1, 0.15) is 6.61 Å². The second-order valence-electron chi connectivity index (χ2n) is 2.97. The Bertz CT molecular complexity index is 157. The van der Waals surface area contributed by atoms with Crippen LogP contribution in [0.1, 0.15) is 0 Å². The van der Waals surface area contributed by atoms with Gasteiger partial charge in [0.25, 0.3) is 0 Å². The van der Waals surface area contributed by atoms with Gasteiger partial charge in [0.15, 0.2) is 0 Å². The molecule has 13 heavy (non-hydrogen) atoms. The molecule has 5 heteroatoms. The van der Waals surface area contributed by atoms with Crippen LogP contribution in [0.15, 0.2) is 0 Å². The number of ether oxygens (including phenoxy) is 2. The lowest BCUT2D eigenvalue weighted by Crippen LogP contribution is -2.38. The minimum absolute atomic E-state index is 0.0182. The van der Waals surface area contributed by atoms with Gasteiger partial charge in [0.05, 0.1) is 19.8 Å². The summed E-state index contributed by atoms with van der Waals surface area (Å²) in [5.41, 5.74) is 4.91. The highest BCUT2D eigenvalue weighted by atomic mass is 16.5. The largest absolute Gasteiger partial charge is 0.379 e. The van der Waals surface area contributed by atoms with Gasteiger partial charge in [-0.1, -0.05) is 0 Å². The Kier molecular flexibility index (Phi) is 4.74. The Labute approximate surface area is 77.8 Å². The van der Waals surface area contributed by atoms with Crippen LogP contribution < -0.4 is 5.73 Å². The molecule has 0 radical (unpaired) electrons. The molecule has 0 spiro atoms. The van der Waals surface area contributed by atoms with E-state index in [4.69, 9.17) is 15.2 Å². The van der Waals surface area contributed by atoms with E-state index in [0.29, 0.717) is 6.61 Å². The number of nitrogens with zero attached hydrogens (tertiary/aromatic N) is 1. The van der Waals surface area contributed by atoms with Crippen molar-refractivity contribution in [3.05, 3.63) is 0 Å². The maximum Gasteiger partial charge on any atom is 0.243 e. The van der Waals surface area contributed by atoms with Crippen LogP contribution in [0.5, 0.6) is 0 Å². The summed E-state index contributed by atoms with van der Waals surface area (Å²) in [6.45, 7) is 4.88. The van der Waals surface area contributed by atoms with Gasteiger partial charge in [0, 0.05) is 19.6 Å². The van der Waals surface area contributed by atoms with E-state index in [1.54, 1.807) is 0 Å². The second kappa shape index (κ2) is 5.90. The molecule has 0 aromatic rings. The Balaban J connectivity index is 1.95. The van der Waals surface area contributed by atoms with E-state index in [-0.39, 0.29) is 6.61 Å². The Morgan fingerprint density at radius 3 is 2.77 bits per heavy atom. The molecule has 1 amide bonds. The third-order valence-electron chi connectivity index (χ3n) is 1.90. The average molecular weight is 188 g/mol. The topological polar surface area (TPSA) is 64.8 Å². The highest BCUT2D eigenvalue weighted by molar-refractivity contribution is 5.74. The molecule has 1 heterocycles. The molecule has 1 saturated heterocycles. The quantitative estimate of drug-likeness (QED) is 0.552. The summed E-state index contributed by atoms with van der Waals surface area (Å²) in [5.74, 6) is -0.415. The Morgan fingerprint density at radius 2 is 2.15 bits per heavy atom. The fraction of sp³-hybridized carbons (Fsp3) is 0.875. The van der Waals surface area contributed by atoms with E-state index < -0.39 is 5.91 Å². The van der Waals surface area contributed by atoms with E-state index in [1.807, 2.05) is 0 Å². The third kappa shape index (κ3) is 4.82. The summed E-state index contributed by atoms with van der Waals surface area (Å²) >= 11 is 0. The summed E-state index contributed by atoms with van der Waals surface area (Å²) in [6, 6.07) is 0. The summed E-state index contributed by atoms with van der Waals surface area (Å²) in [5, 5.41) is 0. The fourth-order valence-electron chi connectivity index (χ4n) is 1.19. The summed E-state index contributed by atoms with van der Waals surface area (Å²) in [7, 11) is 0. The number of nitrogens with two attached hydrogens (primary N) is 1. The Morgan fingerprint density at radius 1 is 1.46 bits per heavy atom. The number of carbonyl (C=O) groups is 1. The molecule has 1 rings (SSSR count). The van der Waals surface area contributed by atoms with Crippen molar-refractivity contribution in [2.24, 2.45) is 5.73 Å². The predicted molar refractivity (Wildman–Crippen MR) is 47.3 cm³/mol. The third-order valence-corrected chi connectivity index (χ3v) is 1.90. The van der Waals surface area contributed by atoms with E-state index >= 15 is 0 Å². The molecule has 0 unspecified atom stereocenters. The molecular formula is C8H16N2O3. The zero-order chi connectivity index (χ0) is 9.52. The van der Waals surface area contributed by atoms with Crippen molar-refractivity contribution in [3.63, 3.8) is 0 Å². The highest BCUT2D eigenvalue weighted by Gasteiger charge is 2.09. The summed E-state index contributed by atoms with van der Waals surface area (Å²) in [6.07, 6.45) is 0. The monoisotopic (exact) mass is 188 g/mol. The van der Waals surface area contributed by atoms with E-state index in [9.17, 15) is 4.79 Å². The van der Waals surface area contributed by atoms with Crippen molar-refractivity contribution in [3.8, 4) is 0 Å². The maximum atomic E-state index is 10.3. The zero-order valence-electron chi connectivity index (χ0n) is 7.70. The number of hydrogen-bond donors (Lipinski definition) is 1. The number of hydrogen-bond acceptors (Lipinski definition) is 4. The van der Waals surface area contributed by atoms with Crippen LogP contribution in [0.3, 0.4) is 0 Å². The molecular weight excluding hydrogens is 172 g/mol. The minimum Gasteiger partial charge on any atom is -0.379 e. The molecule has 0 aromatic heterocycles. The molecule has 0 aromatic carbocycles. The molecule has 2 N–H and O–H groups in total. The van der Waals surface area contributed by atoms with Crippen LogP contribution in [-0.4, -0.2) is 56.9 Å². The van der Waals surface area contributed by atoms with Crippen molar-refractivity contribution in [1.82, 2.24) is 4.90 Å². The number of rotatable bonds is 5. The number of primary amides is 1. The van der Waals surface area contributed by atoms with Gasteiger partial charge in [-0.05, 0) is 0 Å². The molecule has 1 aliphatic rings. The fourth-order valence-corrected chi connectivity index (χ4v) is 1.19. The summed E-state index contributed by atoms with van der Waals surface area (Å²) in [4.78, 5) is 12.6. The smallest absolute Gasteiger partial charge is 0.243 e. The van der Waals surface area contributed by atoms with Crippen LogP contribution in [0.2, 0.25) is 0 Å². The predicted octanol–water partition coefficient (Wildman–Crippen LogP) is -1.18. The van der Waals surface area contributed by atoms with Crippen molar-refractivity contribution < 1.29 is 14.3 Å². The summed E-state index contributed by atoms with van der Waals surface area (Å²) < 4.78 is 10.2. The van der Waals surface area contributed by atoms with Crippen LogP contribution in [-0.2, 0) is 14.3 Å². The molecule has 1 fully saturated rings. The molecule has 0 atom stereocenters. The maximum absolute atomic E-state index is 10.3. The minimum atomic E-state index is -0.415. The first-order valence-corrected chi connectivity index (χ1v) is 4.45. The van der Waals surface area contributed by atoms with Crippen molar-refractivity contribution in [1.29, 1.82) is 0 Å². The number of amides is 1. The molecule has 0 bridgehead atoms. The van der Waals surface area contributed by atoms with E-state index in [2.05, 4.69) is 4.90 Å². The molecule has 5 nitrogen and oxygen atoms in total. The number of carbonyl (C=O) groups excluding carboxylic acids is 1. The van der Waals surface area contributed by atoms with Crippen LogP contribution in [0, 0.1) is 0 Å². The SMILES string of the molecule is NC(=O)COCCN1CCOCC1. The lowest BCUT2D eigenvalue weighted by Gasteiger charge is -2.26. The van der Waals surface area contributed by atoms with E-state index in [1.165, 1.54) is 0 Å². The molecule has 0 saturated carbocycles. The first-order chi connectivity index (χ1) is 6.29. The van der Waals surface area contributed by atoms with Crippen LogP contribution in [0.25, 0.3) is 0 Å². The lowest BCUT2D eigenvalue weighted by molar-refractivity contribution is -0.122. The highest BCUT2D eigenvalue weighted by Crippen LogP contribution is 1.95. The molecule has 1 aliphatic heterocycles. The van der Waals surface area contributed by atoms with Gasteiger partial charge in [0.2, 0.25) is 5.91 Å². The van der Waals surface area contributed by atoms with Crippen molar-refractivity contribution in [2.45, 2.75) is 0 Å². The van der Waals surface area contributed by atoms with Crippen molar-refractivity contribution in [2.75, 3.05) is 46.1 Å². The first-order valence-electron chi connectivity index (χ1n) is 4.45. The van der Waals surface area contributed by atoms with Gasteiger partial charge >= 0.3 is 0 Å². The normalized spacial score (nSPS) is 18.8. The average Bonchev–Trinajstić information content (AvgIpc) is 2.14. The van der Waals surface area contributed by atoms with Gasteiger partial charge in [-0.15, -0.1) is 0 Å². The van der Waals surface area contributed by atoms with Gasteiger partial charge < -0.3 is 15.2 Å². The standard InChI is InChI=1S/C8H16N2O3/c9-8(11)7-13-6-3-10-1-4-12-5-2-10/h1-7H2,(H2,9,11).